The van der Waals surface area contributed by atoms with Crippen molar-refractivity contribution in [3.8, 4) is 22.7 Å². The molecule has 1 fully saturated rings. The van der Waals surface area contributed by atoms with E-state index in [1.165, 1.54) is 31.4 Å². The van der Waals surface area contributed by atoms with E-state index >= 15 is 0 Å². The SMILES string of the molecule is CCOC(=O)c1cc(-c2ccc(N3CCN(C(=O)c4ccc(OC)c(F)c4)CC3)cc2)n(-c2ccc(F)cc2)n1. The molecule has 0 saturated carbocycles. The first-order valence-corrected chi connectivity index (χ1v) is 12.9. The number of carbonyl (C=O) groups excluding carboxylic acids is 2. The summed E-state index contributed by atoms with van der Waals surface area (Å²) < 4.78 is 39.3. The minimum atomic E-state index is -0.567. The molecule has 0 N–H and O–H groups in total. The van der Waals surface area contributed by atoms with E-state index in [0.717, 1.165) is 11.3 Å². The number of aromatic nitrogens is 2. The number of amides is 1. The molecule has 0 atom stereocenters. The van der Waals surface area contributed by atoms with Crippen molar-refractivity contribution in [2.45, 2.75) is 6.92 Å². The highest BCUT2D eigenvalue weighted by Crippen LogP contribution is 2.28. The molecule has 4 aromatic rings. The molecule has 5 rings (SSSR count). The van der Waals surface area contributed by atoms with Crippen LogP contribution in [0.25, 0.3) is 16.9 Å². The van der Waals surface area contributed by atoms with Gasteiger partial charge in [0.2, 0.25) is 0 Å². The highest BCUT2D eigenvalue weighted by Gasteiger charge is 2.24. The minimum Gasteiger partial charge on any atom is -0.494 e. The van der Waals surface area contributed by atoms with Crippen LogP contribution in [0.15, 0.2) is 72.8 Å². The van der Waals surface area contributed by atoms with E-state index in [2.05, 4.69) is 10.00 Å². The van der Waals surface area contributed by atoms with Gasteiger partial charge in [0.25, 0.3) is 5.91 Å². The van der Waals surface area contributed by atoms with Crippen LogP contribution in [0.3, 0.4) is 0 Å². The standard InChI is InChI=1S/C30H28F2N4O4/c1-3-40-30(38)26-19-27(36(33-26)24-11-7-22(31)8-12-24)20-4-9-23(10-5-20)34-14-16-35(17-15-34)29(37)21-6-13-28(39-2)25(32)18-21/h4-13,18-19H,3,14-17H2,1-2H3. The van der Waals surface area contributed by atoms with Gasteiger partial charge in [-0.05, 0) is 67.6 Å². The molecule has 1 aliphatic heterocycles. The van der Waals surface area contributed by atoms with E-state index in [4.69, 9.17) is 9.47 Å². The molecule has 0 radical (unpaired) electrons. The molecule has 0 aliphatic carbocycles. The number of esters is 1. The average molecular weight is 547 g/mol. The molecule has 1 aromatic heterocycles. The predicted octanol–water partition coefficient (Wildman–Crippen LogP) is 4.97. The Bertz CT molecular complexity index is 1510. The molecule has 0 unspecified atom stereocenters. The lowest BCUT2D eigenvalue weighted by Gasteiger charge is -2.36. The number of halogens is 2. The topological polar surface area (TPSA) is 76.9 Å². The van der Waals surface area contributed by atoms with Crippen LogP contribution in [0, 0.1) is 11.6 Å². The summed E-state index contributed by atoms with van der Waals surface area (Å²) in [5.74, 6) is -1.59. The molecular weight excluding hydrogens is 518 g/mol. The number of piperazine rings is 1. The van der Waals surface area contributed by atoms with Gasteiger partial charge in [-0.1, -0.05) is 12.1 Å². The van der Waals surface area contributed by atoms with Gasteiger partial charge in [-0.15, -0.1) is 0 Å². The summed E-state index contributed by atoms with van der Waals surface area (Å²) in [7, 11) is 1.38. The number of anilines is 1. The zero-order valence-electron chi connectivity index (χ0n) is 22.1. The maximum Gasteiger partial charge on any atom is 0.358 e. The van der Waals surface area contributed by atoms with Crippen molar-refractivity contribution in [3.05, 3.63) is 95.7 Å². The van der Waals surface area contributed by atoms with Gasteiger partial charge < -0.3 is 19.3 Å². The molecular formula is C30H28F2N4O4. The van der Waals surface area contributed by atoms with Gasteiger partial charge >= 0.3 is 5.97 Å². The Hall–Kier alpha value is -4.73. The molecule has 206 valence electrons. The number of hydrogen-bond acceptors (Lipinski definition) is 6. The largest absolute Gasteiger partial charge is 0.494 e. The summed E-state index contributed by atoms with van der Waals surface area (Å²) in [6.45, 7) is 4.17. The summed E-state index contributed by atoms with van der Waals surface area (Å²) in [5, 5.41) is 4.42. The van der Waals surface area contributed by atoms with Crippen LogP contribution < -0.4 is 9.64 Å². The maximum absolute atomic E-state index is 14.1. The zero-order chi connectivity index (χ0) is 28.2. The number of ether oxygens (including phenoxy) is 2. The number of nitrogens with zero attached hydrogens (tertiary/aromatic N) is 4. The normalized spacial score (nSPS) is 13.3. The molecule has 0 bridgehead atoms. The van der Waals surface area contributed by atoms with Crippen molar-refractivity contribution < 1.29 is 27.8 Å². The first kappa shape index (κ1) is 26.9. The maximum atomic E-state index is 14.1. The lowest BCUT2D eigenvalue weighted by Crippen LogP contribution is -2.48. The van der Waals surface area contributed by atoms with E-state index in [9.17, 15) is 18.4 Å². The highest BCUT2D eigenvalue weighted by atomic mass is 19.1. The van der Waals surface area contributed by atoms with Crippen molar-refractivity contribution >= 4 is 17.6 Å². The van der Waals surface area contributed by atoms with Crippen molar-refractivity contribution in [1.82, 2.24) is 14.7 Å². The molecule has 40 heavy (non-hydrogen) atoms. The van der Waals surface area contributed by atoms with Crippen LogP contribution in [0.5, 0.6) is 5.75 Å². The van der Waals surface area contributed by atoms with E-state index in [1.807, 2.05) is 24.3 Å². The molecule has 1 aliphatic rings. The third-order valence-electron chi connectivity index (χ3n) is 6.76. The van der Waals surface area contributed by atoms with Crippen molar-refractivity contribution in [1.29, 1.82) is 0 Å². The van der Waals surface area contributed by atoms with Gasteiger partial charge in [-0.3, -0.25) is 4.79 Å². The van der Waals surface area contributed by atoms with E-state index in [-0.39, 0.29) is 35.3 Å². The Balaban J connectivity index is 1.31. The summed E-state index contributed by atoms with van der Waals surface area (Å²) >= 11 is 0. The lowest BCUT2D eigenvalue weighted by atomic mass is 10.1. The predicted molar refractivity (Wildman–Crippen MR) is 146 cm³/mol. The molecule has 8 nitrogen and oxygen atoms in total. The molecule has 2 heterocycles. The first-order chi connectivity index (χ1) is 19.4. The Morgan fingerprint density at radius 1 is 0.875 bits per heavy atom. The fraction of sp³-hybridized carbons (Fsp3) is 0.233. The third-order valence-corrected chi connectivity index (χ3v) is 6.76. The van der Waals surface area contributed by atoms with Crippen LogP contribution in [-0.4, -0.2) is 66.5 Å². The second-order valence-corrected chi connectivity index (χ2v) is 9.20. The van der Waals surface area contributed by atoms with Crippen LogP contribution >= 0.6 is 0 Å². The minimum absolute atomic E-state index is 0.0997. The second-order valence-electron chi connectivity index (χ2n) is 9.20. The Morgan fingerprint density at radius 3 is 2.17 bits per heavy atom. The fourth-order valence-electron chi connectivity index (χ4n) is 4.66. The number of hydrogen-bond donors (Lipinski definition) is 0. The van der Waals surface area contributed by atoms with E-state index < -0.39 is 11.8 Å². The first-order valence-electron chi connectivity index (χ1n) is 12.9. The quantitative estimate of drug-likeness (QED) is 0.305. The van der Waals surface area contributed by atoms with Gasteiger partial charge in [-0.2, -0.15) is 5.10 Å². The zero-order valence-corrected chi connectivity index (χ0v) is 22.1. The number of carbonyl (C=O) groups is 2. The van der Waals surface area contributed by atoms with Crippen molar-refractivity contribution in [2.75, 3.05) is 44.8 Å². The number of methoxy groups -OCH3 is 1. The van der Waals surface area contributed by atoms with E-state index in [0.29, 0.717) is 37.6 Å². The Kier molecular flexibility index (Phi) is 7.77. The smallest absolute Gasteiger partial charge is 0.358 e. The van der Waals surface area contributed by atoms with Crippen LogP contribution in [-0.2, 0) is 4.74 Å². The van der Waals surface area contributed by atoms with Crippen LogP contribution in [0.4, 0.5) is 14.5 Å². The Morgan fingerprint density at radius 2 is 1.55 bits per heavy atom. The lowest BCUT2D eigenvalue weighted by molar-refractivity contribution is 0.0518. The third kappa shape index (κ3) is 5.51. The van der Waals surface area contributed by atoms with Gasteiger partial charge in [-0.25, -0.2) is 18.3 Å². The van der Waals surface area contributed by atoms with E-state index in [1.54, 1.807) is 40.8 Å². The van der Waals surface area contributed by atoms with Gasteiger partial charge in [0, 0.05) is 43.0 Å². The number of benzene rings is 3. The molecule has 1 saturated heterocycles. The van der Waals surface area contributed by atoms with Crippen molar-refractivity contribution in [2.24, 2.45) is 0 Å². The summed E-state index contributed by atoms with van der Waals surface area (Å²) in [6, 6.07) is 19.5. The summed E-state index contributed by atoms with van der Waals surface area (Å²) in [4.78, 5) is 29.2. The summed E-state index contributed by atoms with van der Waals surface area (Å²) in [5.41, 5.74) is 3.49. The van der Waals surface area contributed by atoms with Crippen LogP contribution in [0.2, 0.25) is 0 Å². The average Bonchev–Trinajstić information content (AvgIpc) is 3.43. The van der Waals surface area contributed by atoms with Crippen LogP contribution in [0.1, 0.15) is 27.8 Å². The van der Waals surface area contributed by atoms with Gasteiger partial charge in [0.1, 0.15) is 5.82 Å². The Labute approximate surface area is 230 Å². The van der Waals surface area contributed by atoms with Gasteiger partial charge in [0.05, 0.1) is 25.1 Å². The van der Waals surface area contributed by atoms with Crippen molar-refractivity contribution in [3.63, 3.8) is 0 Å². The number of rotatable bonds is 7. The fourth-order valence-corrected chi connectivity index (χ4v) is 4.66. The molecule has 10 heteroatoms. The molecule has 0 spiro atoms. The highest BCUT2D eigenvalue weighted by molar-refractivity contribution is 5.94. The monoisotopic (exact) mass is 546 g/mol. The second kappa shape index (κ2) is 11.6. The summed E-state index contributed by atoms with van der Waals surface area (Å²) in [6.07, 6.45) is 0. The molecule has 1 amide bonds. The molecule has 3 aromatic carbocycles. The van der Waals surface area contributed by atoms with Gasteiger partial charge in [0.15, 0.2) is 17.3 Å².